The molecule has 3 amide bonds. The van der Waals surface area contributed by atoms with Gasteiger partial charge < -0.3 is 10.1 Å². The monoisotopic (exact) mass is 394 g/mol. The van der Waals surface area contributed by atoms with Crippen LogP contribution in [0.3, 0.4) is 0 Å². The first-order chi connectivity index (χ1) is 14.0. The zero-order valence-corrected chi connectivity index (χ0v) is 15.9. The molecule has 2 atom stereocenters. The van der Waals surface area contributed by atoms with Gasteiger partial charge in [0.05, 0.1) is 11.8 Å². The van der Waals surface area contributed by atoms with E-state index in [1.165, 1.54) is 0 Å². The molecule has 7 heteroatoms. The number of carbonyl (C=O) groups is 4. The lowest BCUT2D eigenvalue weighted by molar-refractivity contribution is -0.154. The second-order valence-electron chi connectivity index (χ2n) is 7.50. The molecule has 2 aliphatic rings. The maximum atomic E-state index is 12.4. The summed E-state index contributed by atoms with van der Waals surface area (Å²) in [5.41, 5.74) is 0.623. The number of ether oxygens (including phenoxy) is 1. The molecule has 0 unspecified atom stereocenters. The Bertz CT molecular complexity index is 957. The molecular formula is C22H22N2O5. The molecule has 1 N–H and O–H groups in total. The van der Waals surface area contributed by atoms with Gasteiger partial charge in [0, 0.05) is 11.1 Å². The molecule has 0 spiro atoms. The van der Waals surface area contributed by atoms with Gasteiger partial charge in [0.15, 0.2) is 6.61 Å². The molecule has 0 radical (unpaired) electrons. The second-order valence-corrected chi connectivity index (χ2v) is 7.50. The van der Waals surface area contributed by atoms with Crippen molar-refractivity contribution >= 4 is 40.2 Å². The molecule has 1 saturated heterocycles. The number of nitrogens with one attached hydrogen (secondary N) is 1. The summed E-state index contributed by atoms with van der Waals surface area (Å²) >= 11 is 0. The Morgan fingerprint density at radius 1 is 0.966 bits per heavy atom. The Kier molecular flexibility index (Phi) is 5.29. The van der Waals surface area contributed by atoms with Crippen molar-refractivity contribution in [1.29, 1.82) is 0 Å². The molecular weight excluding hydrogens is 372 g/mol. The quantitative estimate of drug-likeness (QED) is 0.621. The van der Waals surface area contributed by atoms with Crippen LogP contribution < -0.4 is 5.32 Å². The standard InChI is InChI=1S/C22H22N2O5/c25-19(23-18-11-5-7-14-6-1-2-8-15(14)18)13-29-20(26)12-24-21(27)16-9-3-4-10-17(16)22(24)28/h1-2,5-8,11,16-17H,3-4,9-10,12-13H2,(H,23,25)/t16-,17-/m0/s1. The maximum Gasteiger partial charge on any atom is 0.326 e. The Morgan fingerprint density at radius 2 is 1.62 bits per heavy atom. The Hall–Kier alpha value is -3.22. The molecule has 29 heavy (non-hydrogen) atoms. The van der Waals surface area contributed by atoms with Gasteiger partial charge in [-0.05, 0) is 24.3 Å². The molecule has 1 aliphatic heterocycles. The number of rotatable bonds is 5. The van der Waals surface area contributed by atoms with E-state index in [-0.39, 0.29) is 23.7 Å². The van der Waals surface area contributed by atoms with Gasteiger partial charge in [-0.3, -0.25) is 24.1 Å². The van der Waals surface area contributed by atoms with E-state index in [2.05, 4.69) is 5.32 Å². The van der Waals surface area contributed by atoms with E-state index in [1.807, 2.05) is 36.4 Å². The third-order valence-corrected chi connectivity index (χ3v) is 5.65. The first-order valence-corrected chi connectivity index (χ1v) is 9.83. The van der Waals surface area contributed by atoms with E-state index in [0.717, 1.165) is 28.5 Å². The average Bonchev–Trinajstić information content (AvgIpc) is 2.98. The second kappa shape index (κ2) is 8.03. The van der Waals surface area contributed by atoms with E-state index in [4.69, 9.17) is 4.74 Å². The highest BCUT2D eigenvalue weighted by Crippen LogP contribution is 2.37. The molecule has 1 aliphatic carbocycles. The summed E-state index contributed by atoms with van der Waals surface area (Å²) in [6, 6.07) is 13.1. The van der Waals surface area contributed by atoms with E-state index < -0.39 is 25.0 Å². The number of amides is 3. The molecule has 1 heterocycles. The van der Waals surface area contributed by atoms with Crippen molar-refractivity contribution in [2.24, 2.45) is 11.8 Å². The number of hydrogen-bond donors (Lipinski definition) is 1. The lowest BCUT2D eigenvalue weighted by atomic mass is 9.81. The van der Waals surface area contributed by atoms with Crippen LogP contribution >= 0.6 is 0 Å². The van der Waals surface area contributed by atoms with Crippen LogP contribution in [0.5, 0.6) is 0 Å². The molecule has 4 rings (SSSR count). The van der Waals surface area contributed by atoms with Gasteiger partial charge in [-0.1, -0.05) is 49.2 Å². The molecule has 150 valence electrons. The molecule has 0 bridgehead atoms. The number of likely N-dealkylation sites (tertiary alicyclic amines) is 1. The van der Waals surface area contributed by atoms with Crippen LogP contribution in [0.1, 0.15) is 25.7 Å². The van der Waals surface area contributed by atoms with Crippen molar-refractivity contribution in [3.63, 3.8) is 0 Å². The summed E-state index contributed by atoms with van der Waals surface area (Å²) in [6.45, 7) is -0.919. The van der Waals surface area contributed by atoms with Crippen molar-refractivity contribution in [2.45, 2.75) is 25.7 Å². The highest BCUT2D eigenvalue weighted by Gasteiger charge is 2.48. The minimum Gasteiger partial charge on any atom is -0.454 e. The fourth-order valence-corrected chi connectivity index (χ4v) is 4.23. The number of hydrogen-bond acceptors (Lipinski definition) is 5. The normalized spacial score (nSPS) is 21.2. The minimum absolute atomic E-state index is 0.295. The lowest BCUT2D eigenvalue weighted by Crippen LogP contribution is -2.37. The molecule has 1 saturated carbocycles. The Balaban J connectivity index is 1.32. The van der Waals surface area contributed by atoms with Gasteiger partial charge in [0.25, 0.3) is 5.91 Å². The van der Waals surface area contributed by atoms with Crippen molar-refractivity contribution in [2.75, 3.05) is 18.5 Å². The maximum absolute atomic E-state index is 12.4. The number of nitrogens with zero attached hydrogens (tertiary/aromatic N) is 1. The van der Waals surface area contributed by atoms with Gasteiger partial charge in [-0.2, -0.15) is 0 Å². The van der Waals surface area contributed by atoms with Crippen molar-refractivity contribution in [3.05, 3.63) is 42.5 Å². The average molecular weight is 394 g/mol. The Morgan fingerprint density at radius 3 is 2.34 bits per heavy atom. The first-order valence-electron chi connectivity index (χ1n) is 9.83. The molecule has 2 aromatic rings. The minimum atomic E-state index is -0.765. The molecule has 0 aromatic heterocycles. The third-order valence-electron chi connectivity index (χ3n) is 5.65. The highest BCUT2D eigenvalue weighted by atomic mass is 16.5. The Labute approximate surface area is 168 Å². The number of carbonyl (C=O) groups excluding carboxylic acids is 4. The fourth-order valence-electron chi connectivity index (χ4n) is 4.23. The smallest absolute Gasteiger partial charge is 0.326 e. The van der Waals surface area contributed by atoms with E-state index >= 15 is 0 Å². The summed E-state index contributed by atoms with van der Waals surface area (Å²) < 4.78 is 5.00. The third kappa shape index (κ3) is 3.85. The number of anilines is 1. The van der Waals surface area contributed by atoms with E-state index in [1.54, 1.807) is 6.07 Å². The van der Waals surface area contributed by atoms with Crippen molar-refractivity contribution in [1.82, 2.24) is 4.90 Å². The van der Waals surface area contributed by atoms with Crippen LogP contribution in [0, 0.1) is 11.8 Å². The molecule has 2 aromatic carbocycles. The zero-order valence-electron chi connectivity index (χ0n) is 15.9. The van der Waals surface area contributed by atoms with Crippen LogP contribution in [0.2, 0.25) is 0 Å². The van der Waals surface area contributed by atoms with Gasteiger partial charge in [-0.25, -0.2) is 0 Å². The number of esters is 1. The summed E-state index contributed by atoms with van der Waals surface area (Å²) in [5, 5.41) is 4.59. The first kappa shape index (κ1) is 19.1. The summed E-state index contributed by atoms with van der Waals surface area (Å²) in [6.07, 6.45) is 3.22. The predicted molar refractivity (Wildman–Crippen MR) is 106 cm³/mol. The fraction of sp³-hybridized carbons (Fsp3) is 0.364. The number of imide groups is 1. The topological polar surface area (TPSA) is 92.8 Å². The number of benzene rings is 2. The summed E-state index contributed by atoms with van der Waals surface area (Å²) in [7, 11) is 0. The van der Waals surface area contributed by atoms with Gasteiger partial charge in [0.1, 0.15) is 6.54 Å². The van der Waals surface area contributed by atoms with Crippen LogP contribution in [0.15, 0.2) is 42.5 Å². The van der Waals surface area contributed by atoms with Gasteiger partial charge in [0.2, 0.25) is 11.8 Å². The lowest BCUT2D eigenvalue weighted by Gasteiger charge is -2.19. The SMILES string of the molecule is O=C(COC(=O)CN1C(=O)[C@H]2CCCC[C@@H]2C1=O)Nc1cccc2ccccc12. The van der Waals surface area contributed by atoms with E-state index in [0.29, 0.717) is 18.5 Å². The number of fused-ring (bicyclic) bond motifs is 2. The van der Waals surface area contributed by atoms with Crippen LogP contribution in [-0.4, -0.2) is 41.7 Å². The zero-order chi connectivity index (χ0) is 20.4. The van der Waals surface area contributed by atoms with Gasteiger partial charge >= 0.3 is 5.97 Å². The van der Waals surface area contributed by atoms with Gasteiger partial charge in [-0.15, -0.1) is 0 Å². The highest BCUT2D eigenvalue weighted by molar-refractivity contribution is 6.07. The predicted octanol–water partition coefficient (Wildman–Crippen LogP) is 2.50. The van der Waals surface area contributed by atoms with Crippen molar-refractivity contribution < 1.29 is 23.9 Å². The van der Waals surface area contributed by atoms with Crippen molar-refractivity contribution in [3.8, 4) is 0 Å². The largest absolute Gasteiger partial charge is 0.454 e. The van der Waals surface area contributed by atoms with Crippen LogP contribution in [-0.2, 0) is 23.9 Å². The molecule has 7 nitrogen and oxygen atoms in total. The van der Waals surface area contributed by atoms with E-state index in [9.17, 15) is 19.2 Å². The summed E-state index contributed by atoms with van der Waals surface area (Å²) in [5.74, 6) is -2.45. The summed E-state index contributed by atoms with van der Waals surface area (Å²) in [4.78, 5) is 50.1. The van der Waals surface area contributed by atoms with Crippen LogP contribution in [0.4, 0.5) is 5.69 Å². The van der Waals surface area contributed by atoms with Crippen LogP contribution in [0.25, 0.3) is 10.8 Å². The molecule has 2 fully saturated rings.